The van der Waals surface area contributed by atoms with E-state index in [2.05, 4.69) is 29.1 Å². The molecule has 3 heteroatoms. The van der Waals surface area contributed by atoms with E-state index in [4.69, 9.17) is 9.90 Å². The van der Waals surface area contributed by atoms with Crippen LogP contribution in [0.15, 0.2) is 42.7 Å². The van der Waals surface area contributed by atoms with E-state index in [0.717, 1.165) is 13.5 Å². The van der Waals surface area contributed by atoms with E-state index in [9.17, 15) is 0 Å². The van der Waals surface area contributed by atoms with Gasteiger partial charge in [0.2, 0.25) is 0 Å². The van der Waals surface area contributed by atoms with Crippen molar-refractivity contribution >= 4 is 5.97 Å². The van der Waals surface area contributed by atoms with Gasteiger partial charge in [-0.1, -0.05) is 12.1 Å². The van der Waals surface area contributed by atoms with Crippen LogP contribution in [0.1, 0.15) is 13.8 Å². The molecule has 0 aliphatic rings. The molecule has 0 bridgehead atoms. The number of carbonyl (C=O) groups excluding carboxylic acids is 1. The van der Waals surface area contributed by atoms with Crippen molar-refractivity contribution in [3.8, 4) is 0 Å². The number of pyridine rings is 1. The summed E-state index contributed by atoms with van der Waals surface area (Å²) >= 11 is 0. The fraction of sp³-hybridized carbons (Fsp3) is 0.273. The van der Waals surface area contributed by atoms with Gasteiger partial charge in [0.1, 0.15) is 0 Å². The van der Waals surface area contributed by atoms with Crippen LogP contribution in [-0.4, -0.2) is 5.97 Å². The van der Waals surface area contributed by atoms with Crippen molar-refractivity contribution in [2.75, 3.05) is 0 Å². The van der Waals surface area contributed by atoms with Crippen molar-refractivity contribution in [3.05, 3.63) is 42.7 Å². The highest BCUT2D eigenvalue weighted by atomic mass is 16.4. The van der Waals surface area contributed by atoms with Crippen LogP contribution < -0.4 is 9.67 Å². The molecule has 0 spiro atoms. The average Bonchev–Trinajstić information content (AvgIpc) is 2.15. The van der Waals surface area contributed by atoms with Gasteiger partial charge in [0, 0.05) is 18.1 Å². The van der Waals surface area contributed by atoms with Crippen molar-refractivity contribution in [1.82, 2.24) is 0 Å². The summed E-state index contributed by atoms with van der Waals surface area (Å²) in [5.41, 5.74) is 0. The van der Waals surface area contributed by atoms with Crippen LogP contribution in [0.2, 0.25) is 0 Å². The summed E-state index contributed by atoms with van der Waals surface area (Å²) in [7, 11) is 0. The highest BCUT2D eigenvalue weighted by molar-refractivity contribution is 5.60. The van der Waals surface area contributed by atoms with Gasteiger partial charge in [-0.25, -0.2) is 4.57 Å². The Morgan fingerprint density at radius 2 is 1.86 bits per heavy atom. The molecular weight excluding hydrogens is 178 g/mol. The number of carbonyl (C=O) groups is 1. The topological polar surface area (TPSA) is 44.0 Å². The molecule has 1 aromatic rings. The molecule has 3 nitrogen and oxygen atoms in total. The van der Waals surface area contributed by atoms with Crippen LogP contribution >= 0.6 is 0 Å². The molecule has 0 saturated heterocycles. The lowest BCUT2D eigenvalue weighted by Gasteiger charge is -1.87. The third-order valence-corrected chi connectivity index (χ3v) is 1.33. The van der Waals surface area contributed by atoms with Crippen molar-refractivity contribution in [3.63, 3.8) is 0 Å². The molecule has 0 fully saturated rings. The maximum absolute atomic E-state index is 8.89. The minimum Gasteiger partial charge on any atom is -0.550 e. The zero-order valence-electron chi connectivity index (χ0n) is 8.51. The van der Waals surface area contributed by atoms with E-state index >= 15 is 0 Å². The Labute approximate surface area is 84.3 Å². The van der Waals surface area contributed by atoms with E-state index in [0.29, 0.717) is 0 Å². The molecule has 0 saturated carbocycles. The smallest absolute Gasteiger partial charge is 0.169 e. The molecule has 0 unspecified atom stereocenters. The number of allylic oxidation sites excluding steroid dienone is 2. The molecule has 0 N–H and O–H groups in total. The second-order valence-electron chi connectivity index (χ2n) is 2.63. The maximum atomic E-state index is 8.89. The number of hydrogen-bond acceptors (Lipinski definition) is 2. The van der Waals surface area contributed by atoms with Crippen LogP contribution in [0.3, 0.4) is 0 Å². The highest BCUT2D eigenvalue weighted by Crippen LogP contribution is 1.77. The third kappa shape index (κ3) is 8.46. The predicted octanol–water partition coefficient (Wildman–Crippen LogP) is 0.306. The first kappa shape index (κ1) is 12.4. The Morgan fingerprint density at radius 1 is 1.36 bits per heavy atom. The van der Waals surface area contributed by atoms with Gasteiger partial charge in [-0.05, 0) is 19.9 Å². The molecule has 0 amide bonds. The summed E-state index contributed by atoms with van der Waals surface area (Å²) in [4.78, 5) is 8.89. The molecule has 0 aliphatic carbocycles. The fourth-order valence-corrected chi connectivity index (χ4v) is 0.783. The molecule has 1 aromatic heterocycles. The number of aliphatic carboxylic acids is 1. The lowest BCUT2D eigenvalue weighted by Crippen LogP contribution is -2.30. The molecule has 1 heterocycles. The van der Waals surface area contributed by atoms with Gasteiger partial charge in [-0.2, -0.15) is 0 Å². The summed E-state index contributed by atoms with van der Waals surface area (Å²) in [6, 6.07) is 6.08. The molecule has 0 atom stereocenters. The zero-order chi connectivity index (χ0) is 10.8. The highest BCUT2D eigenvalue weighted by Gasteiger charge is 1.89. The lowest BCUT2D eigenvalue weighted by atomic mass is 10.4. The number of carboxylic acid groups (broad SMARTS) is 1. The Hall–Kier alpha value is -1.64. The van der Waals surface area contributed by atoms with E-state index in [1.54, 1.807) is 0 Å². The fourth-order valence-electron chi connectivity index (χ4n) is 0.783. The van der Waals surface area contributed by atoms with Crippen LogP contribution in [0, 0.1) is 0 Å². The first-order chi connectivity index (χ1) is 6.66. The quantitative estimate of drug-likeness (QED) is 0.501. The Kier molecular flexibility index (Phi) is 7.05. The number of hydrogen-bond donors (Lipinski definition) is 0. The summed E-state index contributed by atoms with van der Waals surface area (Å²) in [5.74, 6) is -1.08. The van der Waals surface area contributed by atoms with Crippen LogP contribution in [0.25, 0.3) is 0 Å². The number of nitrogens with zero attached hydrogens (tertiary/aromatic N) is 1. The molecule has 0 aliphatic heterocycles. The van der Waals surface area contributed by atoms with Gasteiger partial charge >= 0.3 is 0 Å². The van der Waals surface area contributed by atoms with Gasteiger partial charge in [-0.15, -0.1) is 0 Å². The van der Waals surface area contributed by atoms with Crippen LogP contribution in [0.4, 0.5) is 0 Å². The monoisotopic (exact) mass is 193 g/mol. The second-order valence-corrected chi connectivity index (χ2v) is 2.63. The van der Waals surface area contributed by atoms with E-state index in [1.165, 1.54) is 0 Å². The van der Waals surface area contributed by atoms with Gasteiger partial charge < -0.3 is 9.90 Å². The number of carboxylic acids is 1. The van der Waals surface area contributed by atoms with E-state index < -0.39 is 5.97 Å². The number of rotatable bonds is 2. The Morgan fingerprint density at radius 3 is 2.29 bits per heavy atom. The lowest BCUT2D eigenvalue weighted by molar-refractivity contribution is -0.687. The zero-order valence-corrected chi connectivity index (χ0v) is 8.51. The number of aromatic nitrogens is 1. The average molecular weight is 193 g/mol. The first-order valence-electron chi connectivity index (χ1n) is 4.39. The molecule has 0 radical (unpaired) electrons. The largest absolute Gasteiger partial charge is 0.550 e. The van der Waals surface area contributed by atoms with E-state index in [-0.39, 0.29) is 0 Å². The molecular formula is C11H15NO2. The van der Waals surface area contributed by atoms with Crippen molar-refractivity contribution in [2.45, 2.75) is 20.4 Å². The Balaban J connectivity index is 0.000000364. The summed E-state index contributed by atoms with van der Waals surface area (Å²) in [5, 5.41) is 8.89. The minimum atomic E-state index is -1.08. The predicted molar refractivity (Wildman–Crippen MR) is 52.1 cm³/mol. The summed E-state index contributed by atoms with van der Waals surface area (Å²) < 4.78 is 2.12. The summed E-state index contributed by atoms with van der Waals surface area (Å²) in [6.07, 6.45) is 8.29. The summed E-state index contributed by atoms with van der Waals surface area (Å²) in [6.45, 7) is 3.97. The van der Waals surface area contributed by atoms with Gasteiger partial charge in [0.15, 0.2) is 18.9 Å². The SMILES string of the molecule is CC(=O)[O-].CC=CC[n+]1ccccc1. The molecule has 76 valence electrons. The van der Waals surface area contributed by atoms with Crippen molar-refractivity contribution in [2.24, 2.45) is 0 Å². The van der Waals surface area contributed by atoms with E-state index in [1.807, 2.05) is 25.1 Å². The molecule has 14 heavy (non-hydrogen) atoms. The van der Waals surface area contributed by atoms with Crippen LogP contribution in [-0.2, 0) is 11.3 Å². The van der Waals surface area contributed by atoms with Gasteiger partial charge in [0.05, 0.1) is 0 Å². The van der Waals surface area contributed by atoms with Crippen molar-refractivity contribution < 1.29 is 14.5 Å². The first-order valence-corrected chi connectivity index (χ1v) is 4.39. The minimum absolute atomic E-state index is 0.970. The van der Waals surface area contributed by atoms with Gasteiger partial charge in [-0.3, -0.25) is 0 Å². The van der Waals surface area contributed by atoms with Crippen LogP contribution in [0.5, 0.6) is 0 Å². The maximum Gasteiger partial charge on any atom is 0.169 e. The van der Waals surface area contributed by atoms with Crippen molar-refractivity contribution in [1.29, 1.82) is 0 Å². The third-order valence-electron chi connectivity index (χ3n) is 1.33. The molecule has 1 rings (SSSR count). The Bertz CT molecular complexity index is 277. The standard InChI is InChI=1S/C9H12N.C2H4O2/c1-2-3-7-10-8-5-4-6-9-10;1-2(3)4/h2-6,8-9H,7H2,1H3;1H3,(H,3,4)/q+1;/p-1. The van der Waals surface area contributed by atoms with Gasteiger partial charge in [0.25, 0.3) is 0 Å². The molecule has 0 aromatic carbocycles. The normalized spacial score (nSPS) is 9.29. The second kappa shape index (κ2) is 7.98.